The molecule has 1 aliphatic heterocycles. The van der Waals surface area contributed by atoms with E-state index in [9.17, 15) is 15.0 Å². The Morgan fingerprint density at radius 2 is 1.72 bits per heavy atom. The van der Waals surface area contributed by atoms with Gasteiger partial charge in [-0.25, -0.2) is 0 Å². The maximum atomic E-state index is 11.6. The van der Waals surface area contributed by atoms with E-state index in [4.69, 9.17) is 14.2 Å². The Hall–Kier alpha value is -0.690. The number of carbonyl (C=O) groups excluding carboxylic acids is 1. The molecule has 2 N–H and O–H groups in total. The van der Waals surface area contributed by atoms with Crippen LogP contribution >= 0.6 is 0 Å². The zero-order valence-corrected chi connectivity index (χ0v) is 18.6. The van der Waals surface area contributed by atoms with Crippen LogP contribution in [0.2, 0.25) is 0 Å². The molecule has 4 rings (SSSR count). The number of ether oxygens (including phenoxy) is 3. The van der Waals surface area contributed by atoms with Crippen molar-refractivity contribution in [1.29, 1.82) is 0 Å². The van der Waals surface area contributed by atoms with Gasteiger partial charge in [0.1, 0.15) is 12.2 Å². The number of esters is 1. The van der Waals surface area contributed by atoms with Gasteiger partial charge in [-0.05, 0) is 68.1 Å². The van der Waals surface area contributed by atoms with E-state index in [-0.39, 0.29) is 0 Å². The fourth-order valence-corrected chi connectivity index (χ4v) is 7.10. The highest BCUT2D eigenvalue weighted by atomic mass is 16.7. The molecule has 3 saturated carbocycles. The third-order valence-electron chi connectivity index (χ3n) is 8.82. The molecule has 6 heteroatoms. The van der Waals surface area contributed by atoms with Crippen molar-refractivity contribution in [3.63, 3.8) is 0 Å². The molecule has 29 heavy (non-hydrogen) atoms. The van der Waals surface area contributed by atoms with Gasteiger partial charge in [-0.3, -0.25) is 4.79 Å². The minimum atomic E-state index is -1.23. The van der Waals surface area contributed by atoms with Gasteiger partial charge < -0.3 is 24.4 Å². The fraction of sp³-hybridized carbons (Fsp3) is 0.957. The molecule has 1 saturated heterocycles. The lowest BCUT2D eigenvalue weighted by atomic mass is 9.74. The molecule has 0 radical (unpaired) electrons. The number of rotatable bonds is 3. The Bertz CT molecular complexity index is 649. The van der Waals surface area contributed by atoms with E-state index in [0.29, 0.717) is 23.2 Å². The number of aliphatic hydroxyl groups is 2. The van der Waals surface area contributed by atoms with Crippen LogP contribution in [-0.4, -0.2) is 52.5 Å². The molecule has 0 amide bonds. The van der Waals surface area contributed by atoms with Gasteiger partial charge in [-0.15, -0.1) is 0 Å². The van der Waals surface area contributed by atoms with Gasteiger partial charge in [-0.1, -0.05) is 27.2 Å². The standard InChI is InChI=1S/C23H38O6/c1-11-7-8-14-16(11)17-15(22(17,4)5)9-10-23(14,6)29-21-20(28-13(3)24)19(26)18(25)12(2)27-21/h11-12,14-21,25-26H,7-10H2,1-6H3. The maximum Gasteiger partial charge on any atom is 0.303 e. The van der Waals surface area contributed by atoms with E-state index in [1.165, 1.54) is 13.3 Å². The van der Waals surface area contributed by atoms with Crippen LogP contribution in [0.3, 0.4) is 0 Å². The third-order valence-corrected chi connectivity index (χ3v) is 8.82. The topological polar surface area (TPSA) is 85.2 Å². The van der Waals surface area contributed by atoms with Crippen LogP contribution in [-0.2, 0) is 19.0 Å². The average Bonchev–Trinajstić information content (AvgIpc) is 3.00. The zero-order valence-electron chi connectivity index (χ0n) is 18.6. The van der Waals surface area contributed by atoms with Crippen LogP contribution < -0.4 is 0 Å². The van der Waals surface area contributed by atoms with Gasteiger partial charge in [0, 0.05) is 6.92 Å². The molecular weight excluding hydrogens is 372 g/mol. The summed E-state index contributed by atoms with van der Waals surface area (Å²) >= 11 is 0. The quantitative estimate of drug-likeness (QED) is 0.696. The molecular formula is C23H38O6. The van der Waals surface area contributed by atoms with E-state index >= 15 is 0 Å². The maximum absolute atomic E-state index is 11.6. The van der Waals surface area contributed by atoms with Crippen LogP contribution in [0.15, 0.2) is 0 Å². The lowest BCUT2D eigenvalue weighted by molar-refractivity contribution is -0.328. The zero-order chi connectivity index (χ0) is 21.3. The molecule has 0 bridgehead atoms. The minimum absolute atomic E-state index is 0.399. The Morgan fingerprint density at radius 3 is 2.38 bits per heavy atom. The molecule has 166 valence electrons. The van der Waals surface area contributed by atoms with Gasteiger partial charge in [0.05, 0.1) is 11.7 Å². The predicted molar refractivity (Wildman–Crippen MR) is 107 cm³/mol. The Labute approximate surface area is 174 Å². The summed E-state index contributed by atoms with van der Waals surface area (Å²) in [4.78, 5) is 11.6. The van der Waals surface area contributed by atoms with Crippen molar-refractivity contribution in [2.75, 3.05) is 0 Å². The van der Waals surface area contributed by atoms with Gasteiger partial charge in [0.25, 0.3) is 0 Å². The van der Waals surface area contributed by atoms with Crippen molar-refractivity contribution in [2.24, 2.45) is 35.0 Å². The minimum Gasteiger partial charge on any atom is -0.454 e. The molecule has 11 unspecified atom stereocenters. The smallest absolute Gasteiger partial charge is 0.303 e. The van der Waals surface area contributed by atoms with Crippen LogP contribution in [0.4, 0.5) is 0 Å². The predicted octanol–water partition coefficient (Wildman–Crippen LogP) is 2.89. The molecule has 4 aliphatic rings. The molecule has 0 aromatic rings. The highest BCUT2D eigenvalue weighted by Crippen LogP contribution is 2.71. The van der Waals surface area contributed by atoms with Crippen molar-refractivity contribution in [3.05, 3.63) is 0 Å². The highest BCUT2D eigenvalue weighted by molar-refractivity contribution is 5.66. The Balaban J connectivity index is 1.59. The lowest BCUT2D eigenvalue weighted by Crippen LogP contribution is -2.61. The first-order chi connectivity index (χ1) is 13.5. The van der Waals surface area contributed by atoms with Crippen LogP contribution in [0, 0.1) is 35.0 Å². The number of hydrogen-bond donors (Lipinski definition) is 2. The summed E-state index contributed by atoms with van der Waals surface area (Å²) in [6.07, 6.45) is -0.441. The first-order valence-electron chi connectivity index (χ1n) is 11.3. The molecule has 0 aromatic heterocycles. The van der Waals surface area contributed by atoms with Gasteiger partial charge >= 0.3 is 5.97 Å². The molecule has 1 heterocycles. The number of hydrogen-bond acceptors (Lipinski definition) is 6. The van der Waals surface area contributed by atoms with Crippen LogP contribution in [0.1, 0.15) is 67.2 Å². The van der Waals surface area contributed by atoms with E-state index in [0.717, 1.165) is 31.1 Å². The summed E-state index contributed by atoms with van der Waals surface area (Å²) in [5.74, 6) is 2.70. The second-order valence-corrected chi connectivity index (χ2v) is 10.9. The fourth-order valence-electron chi connectivity index (χ4n) is 7.10. The Kier molecular flexibility index (Phi) is 5.33. The summed E-state index contributed by atoms with van der Waals surface area (Å²) < 4.78 is 17.9. The molecule has 0 spiro atoms. The van der Waals surface area contributed by atoms with E-state index < -0.39 is 42.3 Å². The summed E-state index contributed by atoms with van der Waals surface area (Å²) in [5.41, 5.74) is 0.0169. The van der Waals surface area contributed by atoms with E-state index in [2.05, 4.69) is 27.7 Å². The van der Waals surface area contributed by atoms with Crippen molar-refractivity contribution in [2.45, 2.75) is 104 Å². The summed E-state index contributed by atoms with van der Waals surface area (Å²) in [6, 6.07) is 0. The van der Waals surface area contributed by atoms with Gasteiger partial charge in [-0.2, -0.15) is 0 Å². The van der Waals surface area contributed by atoms with Crippen LogP contribution in [0.5, 0.6) is 0 Å². The third kappa shape index (κ3) is 3.44. The first-order valence-corrected chi connectivity index (χ1v) is 11.3. The largest absolute Gasteiger partial charge is 0.454 e. The summed E-state index contributed by atoms with van der Waals surface area (Å²) in [6.45, 7) is 12.4. The monoisotopic (exact) mass is 410 g/mol. The second-order valence-electron chi connectivity index (χ2n) is 10.9. The van der Waals surface area contributed by atoms with Crippen molar-refractivity contribution < 1.29 is 29.2 Å². The van der Waals surface area contributed by atoms with E-state index in [1.54, 1.807) is 6.92 Å². The number of carbonyl (C=O) groups is 1. The molecule has 11 atom stereocenters. The van der Waals surface area contributed by atoms with Gasteiger partial charge in [0.15, 0.2) is 12.4 Å². The Morgan fingerprint density at radius 1 is 1.03 bits per heavy atom. The molecule has 4 fully saturated rings. The highest BCUT2D eigenvalue weighted by Gasteiger charge is 2.67. The molecule has 3 aliphatic carbocycles. The summed E-state index contributed by atoms with van der Waals surface area (Å²) in [7, 11) is 0. The number of fused-ring (bicyclic) bond motifs is 3. The second kappa shape index (κ2) is 7.18. The van der Waals surface area contributed by atoms with Crippen molar-refractivity contribution in [3.8, 4) is 0 Å². The van der Waals surface area contributed by atoms with Gasteiger partial charge in [0.2, 0.25) is 0 Å². The molecule has 0 aromatic carbocycles. The van der Waals surface area contributed by atoms with Crippen LogP contribution in [0.25, 0.3) is 0 Å². The summed E-state index contributed by atoms with van der Waals surface area (Å²) in [5, 5.41) is 20.8. The lowest BCUT2D eigenvalue weighted by Gasteiger charge is -2.47. The van der Waals surface area contributed by atoms with Crippen molar-refractivity contribution in [1.82, 2.24) is 0 Å². The average molecular weight is 411 g/mol. The van der Waals surface area contributed by atoms with E-state index in [1.807, 2.05) is 0 Å². The van der Waals surface area contributed by atoms with Crippen molar-refractivity contribution >= 4 is 5.97 Å². The normalized spacial score (nSPS) is 53.5. The number of aliphatic hydroxyl groups excluding tert-OH is 2. The first kappa shape index (κ1) is 21.5. The SMILES string of the molecule is CC(=O)OC1C(OC2(C)CCC3C(C4C(C)CCC42)C3(C)C)OC(C)C(O)C1O. The molecule has 6 nitrogen and oxygen atoms in total.